The zero-order valence-corrected chi connectivity index (χ0v) is 35.7. The lowest BCUT2D eigenvalue weighted by Gasteiger charge is -2.37. The maximum Gasteiger partial charge on any atom is 0.424 e. The molecule has 0 saturated heterocycles. The molecule has 6 aromatic rings. The summed E-state index contributed by atoms with van der Waals surface area (Å²) in [5, 5.41) is 0. The van der Waals surface area contributed by atoms with Gasteiger partial charge in [-0.1, -0.05) is 54.2 Å². The number of carbonyl (C=O) groups is 1. The Hall–Kier alpha value is -6.14. The molecule has 5 heterocycles. The first-order valence-corrected chi connectivity index (χ1v) is 21.5. The summed E-state index contributed by atoms with van der Waals surface area (Å²) in [5.74, 6) is 4.14. The van der Waals surface area contributed by atoms with Crippen molar-refractivity contribution in [3.63, 3.8) is 0 Å². The van der Waals surface area contributed by atoms with E-state index >= 15 is 0 Å². The van der Waals surface area contributed by atoms with Crippen LogP contribution in [0.1, 0.15) is 45.5 Å². The van der Waals surface area contributed by atoms with Crippen LogP contribution in [-0.2, 0) is 25.7 Å². The Morgan fingerprint density at radius 1 is 0.639 bits per heavy atom. The van der Waals surface area contributed by atoms with Gasteiger partial charge in [-0.25, -0.2) is 9.69 Å². The van der Waals surface area contributed by atoms with Gasteiger partial charge in [0.2, 0.25) is 5.75 Å². The molecule has 2 atom stereocenters. The van der Waals surface area contributed by atoms with E-state index in [0.717, 1.165) is 81.5 Å². The van der Waals surface area contributed by atoms with Crippen molar-refractivity contribution in [2.45, 2.75) is 47.6 Å². The second-order valence-electron chi connectivity index (χ2n) is 16.0. The van der Waals surface area contributed by atoms with Gasteiger partial charge in [-0.3, -0.25) is 9.80 Å². The maximum absolute atomic E-state index is 15.0. The van der Waals surface area contributed by atoms with Crippen molar-refractivity contribution < 1.29 is 33.2 Å². The van der Waals surface area contributed by atoms with Gasteiger partial charge < -0.3 is 28.4 Å². The van der Waals surface area contributed by atoms with Crippen molar-refractivity contribution in [1.29, 1.82) is 0 Å². The van der Waals surface area contributed by atoms with E-state index in [1.54, 1.807) is 38.0 Å². The van der Waals surface area contributed by atoms with Crippen molar-refractivity contribution in [2.75, 3.05) is 53.4 Å². The van der Waals surface area contributed by atoms with Gasteiger partial charge in [0.15, 0.2) is 34.5 Å². The SMILES string of the molecule is COc1ccc2cc1Oc1ccc(cc1)C[C@H]1c3cc(c(OC)cc3CCN1C)Oc1c(OC(=O)N3c4ccccc4Sc4ccccc43)c(OC)cc3c1[C@H](C2)N(C)CC3. The second-order valence-corrected chi connectivity index (χ2v) is 17.1. The summed E-state index contributed by atoms with van der Waals surface area (Å²) in [4.78, 5) is 23.2. The van der Waals surface area contributed by atoms with E-state index in [2.05, 4.69) is 60.3 Å². The first kappa shape index (κ1) is 39.0. The van der Waals surface area contributed by atoms with Gasteiger partial charge in [0.05, 0.1) is 32.7 Å². The molecule has 0 aromatic heterocycles. The minimum Gasteiger partial charge on any atom is -0.493 e. The van der Waals surface area contributed by atoms with Crippen LogP contribution in [0.15, 0.2) is 119 Å². The van der Waals surface area contributed by atoms with Crippen LogP contribution in [0.4, 0.5) is 16.2 Å². The highest BCUT2D eigenvalue weighted by Gasteiger charge is 2.37. The molecule has 11 rings (SSSR count). The Morgan fingerprint density at radius 2 is 1.25 bits per heavy atom. The highest BCUT2D eigenvalue weighted by molar-refractivity contribution is 7.99. The highest BCUT2D eigenvalue weighted by atomic mass is 32.2. The van der Waals surface area contributed by atoms with E-state index in [-0.39, 0.29) is 17.8 Å². The molecule has 0 fully saturated rings. The molecule has 10 nitrogen and oxygen atoms in total. The molecule has 6 aromatic carbocycles. The van der Waals surface area contributed by atoms with Crippen molar-refractivity contribution in [2.24, 2.45) is 0 Å². The van der Waals surface area contributed by atoms with Gasteiger partial charge in [-0.2, -0.15) is 0 Å². The van der Waals surface area contributed by atoms with Crippen molar-refractivity contribution in [3.05, 3.63) is 143 Å². The Morgan fingerprint density at radius 3 is 1.95 bits per heavy atom. The molecule has 0 saturated carbocycles. The highest BCUT2D eigenvalue weighted by Crippen LogP contribution is 2.54. The third-order valence-electron chi connectivity index (χ3n) is 12.4. The van der Waals surface area contributed by atoms with Gasteiger partial charge in [-0.05, 0) is 134 Å². The molecule has 61 heavy (non-hydrogen) atoms. The van der Waals surface area contributed by atoms with Crippen LogP contribution in [0.3, 0.4) is 0 Å². The Kier molecular flexibility index (Phi) is 10.3. The second kappa shape index (κ2) is 16.0. The molecule has 11 heteroatoms. The largest absolute Gasteiger partial charge is 0.493 e. The lowest BCUT2D eigenvalue weighted by Crippen LogP contribution is -2.35. The van der Waals surface area contributed by atoms with E-state index in [4.69, 9.17) is 28.4 Å². The number of anilines is 2. The van der Waals surface area contributed by atoms with Gasteiger partial charge >= 0.3 is 6.09 Å². The normalized spacial score (nSPS) is 18.0. The number of ether oxygens (including phenoxy) is 6. The standard InChI is InChI=1S/C50H47N3O7S/c1-51-22-20-32-27-41(56-4)43-29-35(32)38(51)24-30-14-17-34(18-15-30)58-42-26-31(16-19-40(42)55-3)25-39-47-33(21-23-52(39)2)28-44(57-5)48(49(47)59-43)60-50(54)53-36-10-6-8-12-45(36)61-46-13-9-7-11-37(46)53/h6-19,26-29,38-39H,20-25H2,1-5H3/t38-,39-/m0/s1. The molecular formula is C50H47N3O7S. The number of benzene rings is 6. The van der Waals surface area contributed by atoms with Crippen molar-refractivity contribution >= 4 is 29.2 Å². The van der Waals surface area contributed by atoms with E-state index in [0.29, 0.717) is 40.9 Å². The molecule has 310 valence electrons. The summed E-state index contributed by atoms with van der Waals surface area (Å²) in [7, 11) is 9.23. The number of methoxy groups -OCH3 is 3. The van der Waals surface area contributed by atoms with Gasteiger partial charge in [0.25, 0.3) is 0 Å². The number of carbonyl (C=O) groups excluding carboxylic acids is 1. The molecular weight excluding hydrogens is 787 g/mol. The Labute approximate surface area is 360 Å². The van der Waals surface area contributed by atoms with Gasteiger partial charge in [0, 0.05) is 40.5 Å². The summed E-state index contributed by atoms with van der Waals surface area (Å²) >= 11 is 1.63. The lowest BCUT2D eigenvalue weighted by atomic mass is 9.87. The molecule has 6 bridgehead atoms. The smallest absolute Gasteiger partial charge is 0.424 e. The lowest BCUT2D eigenvalue weighted by molar-refractivity contribution is 0.202. The maximum atomic E-state index is 15.0. The summed E-state index contributed by atoms with van der Waals surface area (Å²) in [6, 6.07) is 36.3. The molecule has 5 aliphatic heterocycles. The molecule has 0 radical (unpaired) electrons. The zero-order chi connectivity index (χ0) is 41.8. The average Bonchev–Trinajstić information content (AvgIpc) is 3.28. The fraction of sp³-hybridized carbons (Fsp3) is 0.260. The summed E-state index contributed by atoms with van der Waals surface area (Å²) in [5.41, 5.74) is 8.02. The van der Waals surface area contributed by atoms with Crippen molar-refractivity contribution in [1.82, 2.24) is 9.80 Å². The fourth-order valence-electron chi connectivity index (χ4n) is 9.21. The Balaban J connectivity index is 1.18. The van der Waals surface area contributed by atoms with Crippen LogP contribution in [0, 0.1) is 0 Å². The number of nitrogens with zero attached hydrogens (tertiary/aromatic N) is 3. The number of amides is 1. The van der Waals surface area contributed by atoms with Crippen LogP contribution in [0.25, 0.3) is 0 Å². The minimum atomic E-state index is -0.583. The first-order valence-electron chi connectivity index (χ1n) is 20.6. The quantitative estimate of drug-likeness (QED) is 0.171. The summed E-state index contributed by atoms with van der Waals surface area (Å²) in [6.45, 7) is 1.69. The van der Waals surface area contributed by atoms with Crippen molar-refractivity contribution in [3.8, 4) is 46.0 Å². The molecule has 1 amide bonds. The molecule has 0 unspecified atom stereocenters. The van der Waals surface area contributed by atoms with E-state index in [1.165, 1.54) is 11.1 Å². The number of likely N-dealkylation sites (N-methyl/N-ethyl adjacent to an activating group) is 2. The number of hydrogen-bond donors (Lipinski definition) is 0. The summed E-state index contributed by atoms with van der Waals surface area (Å²) in [6.07, 6.45) is 2.38. The molecule has 0 aliphatic carbocycles. The average molecular weight is 834 g/mol. The zero-order valence-electron chi connectivity index (χ0n) is 34.9. The molecule has 0 N–H and O–H groups in total. The predicted octanol–water partition coefficient (Wildman–Crippen LogP) is 11.0. The molecule has 0 spiro atoms. The van der Waals surface area contributed by atoms with Crippen LogP contribution in [-0.4, -0.2) is 64.4 Å². The van der Waals surface area contributed by atoms with Gasteiger partial charge in [0.1, 0.15) is 5.75 Å². The van der Waals surface area contributed by atoms with E-state index in [1.807, 2.05) is 72.8 Å². The fourth-order valence-corrected chi connectivity index (χ4v) is 10.3. The minimum absolute atomic E-state index is 0.0620. The molecule has 5 aliphatic rings. The number of para-hydroxylation sites is 2. The first-order chi connectivity index (χ1) is 29.8. The number of rotatable bonds is 4. The number of fused-ring (bicyclic) bond motifs is 4. The topological polar surface area (TPSA) is 82.2 Å². The third-order valence-corrected chi connectivity index (χ3v) is 13.6. The predicted molar refractivity (Wildman–Crippen MR) is 236 cm³/mol. The van der Waals surface area contributed by atoms with Gasteiger partial charge in [-0.15, -0.1) is 0 Å². The number of hydrogen-bond acceptors (Lipinski definition) is 10. The monoisotopic (exact) mass is 833 g/mol. The third kappa shape index (κ3) is 7.10. The van der Waals surface area contributed by atoms with Crippen LogP contribution < -0.4 is 33.3 Å². The van der Waals surface area contributed by atoms with Crippen LogP contribution >= 0.6 is 11.8 Å². The summed E-state index contributed by atoms with van der Waals surface area (Å²) < 4.78 is 38.6. The van der Waals surface area contributed by atoms with Crippen LogP contribution in [0.2, 0.25) is 0 Å². The Bertz CT molecular complexity index is 2620. The van der Waals surface area contributed by atoms with Crippen LogP contribution in [0.5, 0.6) is 46.0 Å². The van der Waals surface area contributed by atoms with E-state index < -0.39 is 6.09 Å². The van der Waals surface area contributed by atoms with E-state index in [9.17, 15) is 4.79 Å².